The highest BCUT2D eigenvalue weighted by Crippen LogP contribution is 2.34. The number of aromatic nitrogens is 2. The van der Waals surface area contributed by atoms with Crippen molar-refractivity contribution in [1.82, 2.24) is 15.1 Å². The van der Waals surface area contributed by atoms with Crippen LogP contribution >= 0.6 is 0 Å². The van der Waals surface area contributed by atoms with E-state index >= 15 is 0 Å². The Hall–Kier alpha value is -0.830. The fourth-order valence-electron chi connectivity index (χ4n) is 1.50. The van der Waals surface area contributed by atoms with E-state index in [9.17, 15) is 0 Å². The van der Waals surface area contributed by atoms with Crippen LogP contribution in [0.1, 0.15) is 31.2 Å². The van der Waals surface area contributed by atoms with E-state index < -0.39 is 0 Å². The van der Waals surface area contributed by atoms with E-state index in [1.54, 1.807) is 0 Å². The van der Waals surface area contributed by atoms with Gasteiger partial charge in [0.2, 0.25) is 0 Å². The summed E-state index contributed by atoms with van der Waals surface area (Å²) in [7, 11) is 2.00. The summed E-state index contributed by atoms with van der Waals surface area (Å²) in [4.78, 5) is 0. The first-order chi connectivity index (χ1) is 6.09. The summed E-state index contributed by atoms with van der Waals surface area (Å²) in [6, 6.07) is 2.14. The van der Waals surface area contributed by atoms with Crippen LogP contribution < -0.4 is 5.32 Å². The minimum absolute atomic E-state index is 0.415. The molecule has 1 aliphatic carbocycles. The Balaban J connectivity index is 1.97. The summed E-state index contributed by atoms with van der Waals surface area (Å²) < 4.78 is 1.95. The maximum atomic E-state index is 4.31. The third-order valence-corrected chi connectivity index (χ3v) is 2.80. The lowest BCUT2D eigenvalue weighted by Gasteiger charge is -2.10. The molecule has 1 aromatic heterocycles. The molecular formula is C10H17N3. The van der Waals surface area contributed by atoms with Gasteiger partial charge < -0.3 is 5.32 Å². The number of nitrogens with zero attached hydrogens (tertiary/aromatic N) is 2. The van der Waals surface area contributed by atoms with Crippen molar-refractivity contribution in [3.05, 3.63) is 17.5 Å². The number of hydrogen-bond donors (Lipinski definition) is 1. The second kappa shape index (κ2) is 2.84. The van der Waals surface area contributed by atoms with Crippen LogP contribution in [0.25, 0.3) is 0 Å². The molecule has 0 atom stereocenters. The van der Waals surface area contributed by atoms with Crippen molar-refractivity contribution in [2.24, 2.45) is 7.05 Å². The third kappa shape index (κ3) is 1.91. The maximum absolute atomic E-state index is 4.31. The highest BCUT2D eigenvalue weighted by Gasteiger charge is 2.36. The molecular weight excluding hydrogens is 162 g/mol. The van der Waals surface area contributed by atoms with Crippen molar-refractivity contribution in [2.45, 2.75) is 38.8 Å². The van der Waals surface area contributed by atoms with E-state index in [2.05, 4.69) is 23.4 Å². The van der Waals surface area contributed by atoms with Gasteiger partial charge in [-0.25, -0.2) is 0 Å². The van der Waals surface area contributed by atoms with Crippen molar-refractivity contribution in [3.8, 4) is 0 Å². The Morgan fingerprint density at radius 3 is 2.77 bits per heavy atom. The van der Waals surface area contributed by atoms with E-state index in [1.165, 1.54) is 18.5 Å². The van der Waals surface area contributed by atoms with Crippen molar-refractivity contribution >= 4 is 0 Å². The predicted molar refractivity (Wildman–Crippen MR) is 52.4 cm³/mol. The minimum atomic E-state index is 0.415. The molecule has 0 bridgehead atoms. The van der Waals surface area contributed by atoms with Gasteiger partial charge in [0.05, 0.1) is 11.4 Å². The molecule has 0 aliphatic heterocycles. The van der Waals surface area contributed by atoms with E-state index in [4.69, 9.17) is 0 Å². The van der Waals surface area contributed by atoms with Crippen LogP contribution in [0.3, 0.4) is 0 Å². The lowest BCUT2D eigenvalue weighted by atomic mass is 10.3. The zero-order chi connectivity index (χ0) is 9.47. The van der Waals surface area contributed by atoms with E-state index in [0.29, 0.717) is 5.54 Å². The Bertz CT molecular complexity index is 310. The monoisotopic (exact) mass is 179 g/mol. The summed E-state index contributed by atoms with van der Waals surface area (Å²) in [5.41, 5.74) is 2.78. The molecule has 1 aliphatic rings. The average Bonchev–Trinajstić information content (AvgIpc) is 2.69. The molecule has 72 valence electrons. The van der Waals surface area contributed by atoms with Gasteiger partial charge in [-0.3, -0.25) is 4.68 Å². The third-order valence-electron chi connectivity index (χ3n) is 2.80. The van der Waals surface area contributed by atoms with Crippen molar-refractivity contribution in [1.29, 1.82) is 0 Å². The average molecular weight is 179 g/mol. The van der Waals surface area contributed by atoms with E-state index in [1.807, 2.05) is 18.7 Å². The Labute approximate surface area is 79.1 Å². The molecule has 1 saturated carbocycles. The number of rotatable bonds is 3. The lowest BCUT2D eigenvalue weighted by Crippen LogP contribution is -2.27. The van der Waals surface area contributed by atoms with Crippen LogP contribution in [0.4, 0.5) is 0 Å². The molecule has 0 radical (unpaired) electrons. The molecule has 1 aromatic rings. The van der Waals surface area contributed by atoms with Crippen LogP contribution in [0.2, 0.25) is 0 Å². The molecule has 0 spiro atoms. The fraction of sp³-hybridized carbons (Fsp3) is 0.700. The molecule has 1 N–H and O–H groups in total. The van der Waals surface area contributed by atoms with Gasteiger partial charge in [-0.05, 0) is 32.8 Å². The van der Waals surface area contributed by atoms with Gasteiger partial charge in [0.15, 0.2) is 0 Å². The van der Waals surface area contributed by atoms with Gasteiger partial charge in [-0.2, -0.15) is 5.10 Å². The second-order valence-electron chi connectivity index (χ2n) is 4.31. The lowest BCUT2D eigenvalue weighted by molar-refractivity contribution is 0.517. The molecule has 3 heteroatoms. The standard InChI is InChI=1S/C10H17N3/c1-8-6-9(13(3)12-8)7-11-10(2)4-5-10/h6,11H,4-5,7H2,1-3H3. The largest absolute Gasteiger partial charge is 0.306 e. The summed E-state index contributed by atoms with van der Waals surface area (Å²) in [6.07, 6.45) is 2.62. The van der Waals surface area contributed by atoms with Gasteiger partial charge >= 0.3 is 0 Å². The highest BCUT2D eigenvalue weighted by atomic mass is 15.3. The fourth-order valence-corrected chi connectivity index (χ4v) is 1.50. The number of nitrogens with one attached hydrogen (secondary N) is 1. The second-order valence-corrected chi connectivity index (χ2v) is 4.31. The number of hydrogen-bond acceptors (Lipinski definition) is 2. The molecule has 0 aromatic carbocycles. The van der Waals surface area contributed by atoms with Crippen LogP contribution in [0, 0.1) is 6.92 Å². The van der Waals surface area contributed by atoms with E-state index in [0.717, 1.165) is 12.2 Å². The molecule has 0 amide bonds. The molecule has 0 saturated heterocycles. The SMILES string of the molecule is Cc1cc(CNC2(C)CC2)n(C)n1. The molecule has 3 nitrogen and oxygen atoms in total. The smallest absolute Gasteiger partial charge is 0.0597 e. The first-order valence-corrected chi connectivity index (χ1v) is 4.84. The molecule has 1 fully saturated rings. The van der Waals surface area contributed by atoms with Crippen molar-refractivity contribution in [2.75, 3.05) is 0 Å². The van der Waals surface area contributed by atoms with Gasteiger partial charge in [-0.1, -0.05) is 0 Å². The van der Waals surface area contributed by atoms with Crippen LogP contribution in [-0.2, 0) is 13.6 Å². The number of aryl methyl sites for hydroxylation is 2. The van der Waals surface area contributed by atoms with Crippen LogP contribution in [0.15, 0.2) is 6.07 Å². The zero-order valence-electron chi connectivity index (χ0n) is 8.59. The topological polar surface area (TPSA) is 29.9 Å². The quantitative estimate of drug-likeness (QED) is 0.759. The first-order valence-electron chi connectivity index (χ1n) is 4.84. The normalized spacial score (nSPS) is 19.0. The zero-order valence-corrected chi connectivity index (χ0v) is 8.59. The molecule has 1 heterocycles. The Morgan fingerprint density at radius 1 is 1.62 bits per heavy atom. The first kappa shape index (κ1) is 8.75. The van der Waals surface area contributed by atoms with Crippen LogP contribution in [0.5, 0.6) is 0 Å². The molecule has 2 rings (SSSR count). The molecule has 13 heavy (non-hydrogen) atoms. The highest BCUT2D eigenvalue weighted by molar-refractivity contribution is 5.10. The Morgan fingerprint density at radius 2 is 2.31 bits per heavy atom. The van der Waals surface area contributed by atoms with E-state index in [-0.39, 0.29) is 0 Å². The van der Waals surface area contributed by atoms with Gasteiger partial charge in [0.25, 0.3) is 0 Å². The summed E-state index contributed by atoms with van der Waals surface area (Å²) in [6.45, 7) is 5.24. The van der Waals surface area contributed by atoms with Gasteiger partial charge in [0.1, 0.15) is 0 Å². The summed E-state index contributed by atoms with van der Waals surface area (Å²) >= 11 is 0. The summed E-state index contributed by atoms with van der Waals surface area (Å²) in [5.74, 6) is 0. The van der Waals surface area contributed by atoms with Gasteiger partial charge in [0, 0.05) is 19.1 Å². The van der Waals surface area contributed by atoms with Crippen LogP contribution in [-0.4, -0.2) is 15.3 Å². The van der Waals surface area contributed by atoms with Gasteiger partial charge in [-0.15, -0.1) is 0 Å². The Kier molecular flexibility index (Phi) is 1.91. The summed E-state index contributed by atoms with van der Waals surface area (Å²) in [5, 5.41) is 7.85. The predicted octanol–water partition coefficient (Wildman–Crippen LogP) is 1.37. The maximum Gasteiger partial charge on any atom is 0.0597 e. The molecule has 0 unspecified atom stereocenters. The van der Waals surface area contributed by atoms with Crippen molar-refractivity contribution < 1.29 is 0 Å². The van der Waals surface area contributed by atoms with Crippen molar-refractivity contribution in [3.63, 3.8) is 0 Å². The minimum Gasteiger partial charge on any atom is -0.306 e.